The summed E-state index contributed by atoms with van der Waals surface area (Å²) in [6.07, 6.45) is 0.540. The Hall–Kier alpha value is -2.05. The van der Waals surface area contributed by atoms with Crippen LogP contribution in [0.25, 0.3) is 0 Å². The molecule has 2 rings (SSSR count). The number of methoxy groups -OCH3 is 1. The fourth-order valence-corrected chi connectivity index (χ4v) is 3.39. The van der Waals surface area contributed by atoms with Crippen LogP contribution in [0.1, 0.15) is 11.1 Å². The molecule has 0 fully saturated rings. The molecular weight excluding hydrogens is 302 g/mol. The van der Waals surface area contributed by atoms with Gasteiger partial charge in [-0.15, -0.1) is 0 Å². The molecule has 0 amide bonds. The van der Waals surface area contributed by atoms with Gasteiger partial charge in [0, 0.05) is 12.3 Å². The third-order valence-electron chi connectivity index (χ3n) is 3.22. The average molecular weight is 321 g/mol. The Balaban J connectivity index is 2.29. The normalized spacial score (nSPS) is 11.2. The first-order chi connectivity index (χ1) is 10.5. The van der Waals surface area contributed by atoms with Crippen molar-refractivity contribution in [2.75, 3.05) is 18.4 Å². The number of hydrogen-bond acceptors (Lipinski definition) is 4. The number of rotatable bonds is 6. The van der Waals surface area contributed by atoms with Crippen LogP contribution >= 0.6 is 0 Å². The van der Waals surface area contributed by atoms with Crippen LogP contribution in [0.4, 0.5) is 5.69 Å². The zero-order valence-corrected chi connectivity index (χ0v) is 13.4. The predicted octanol–water partition coefficient (Wildman–Crippen LogP) is 2.34. The Morgan fingerprint density at radius 1 is 1.14 bits per heavy atom. The molecule has 0 atom stereocenters. The average Bonchev–Trinajstić information content (AvgIpc) is 2.49. The molecule has 118 valence electrons. The topological polar surface area (TPSA) is 75.6 Å². The van der Waals surface area contributed by atoms with E-state index in [4.69, 9.17) is 9.84 Å². The number of aryl methyl sites for hydroxylation is 1. The van der Waals surface area contributed by atoms with Crippen molar-refractivity contribution in [3.05, 3.63) is 53.6 Å². The van der Waals surface area contributed by atoms with E-state index >= 15 is 0 Å². The Labute approximate surface area is 130 Å². The summed E-state index contributed by atoms with van der Waals surface area (Å²) in [5, 5.41) is 8.88. The second kappa shape index (κ2) is 6.81. The molecule has 0 aliphatic rings. The lowest BCUT2D eigenvalue weighted by atomic mass is 10.1. The van der Waals surface area contributed by atoms with Gasteiger partial charge in [0.2, 0.25) is 0 Å². The van der Waals surface area contributed by atoms with Gasteiger partial charge >= 0.3 is 0 Å². The van der Waals surface area contributed by atoms with Gasteiger partial charge in [-0.3, -0.25) is 4.72 Å². The molecule has 0 spiro atoms. The van der Waals surface area contributed by atoms with Gasteiger partial charge in [-0.05, 0) is 48.7 Å². The number of sulfonamides is 1. The summed E-state index contributed by atoms with van der Waals surface area (Å²) < 4.78 is 32.7. The minimum Gasteiger partial charge on any atom is -0.495 e. The summed E-state index contributed by atoms with van der Waals surface area (Å²) in [4.78, 5) is 0.106. The quantitative estimate of drug-likeness (QED) is 0.856. The number of aliphatic hydroxyl groups is 1. The first-order valence-electron chi connectivity index (χ1n) is 6.83. The molecule has 0 bridgehead atoms. The Morgan fingerprint density at radius 2 is 1.82 bits per heavy atom. The van der Waals surface area contributed by atoms with Crippen LogP contribution in [0.5, 0.6) is 5.75 Å². The summed E-state index contributed by atoms with van der Waals surface area (Å²) >= 11 is 0. The largest absolute Gasteiger partial charge is 0.495 e. The van der Waals surface area contributed by atoms with E-state index in [-0.39, 0.29) is 11.5 Å². The van der Waals surface area contributed by atoms with Gasteiger partial charge in [-0.1, -0.05) is 18.2 Å². The number of benzene rings is 2. The SMILES string of the molecule is COc1ccc(C)cc1S(=O)(=O)Nc1ccc(CCO)cc1. The highest BCUT2D eigenvalue weighted by molar-refractivity contribution is 7.92. The first kappa shape index (κ1) is 16.3. The molecular formula is C16H19NO4S. The lowest BCUT2D eigenvalue weighted by molar-refractivity contribution is 0.299. The maximum atomic E-state index is 12.5. The lowest BCUT2D eigenvalue weighted by Crippen LogP contribution is -2.14. The van der Waals surface area contributed by atoms with Gasteiger partial charge in [-0.25, -0.2) is 8.42 Å². The number of aliphatic hydroxyl groups excluding tert-OH is 1. The summed E-state index contributed by atoms with van der Waals surface area (Å²) in [5.74, 6) is 0.301. The Bertz CT molecular complexity index is 739. The fourth-order valence-electron chi connectivity index (χ4n) is 2.07. The van der Waals surface area contributed by atoms with Gasteiger partial charge in [0.25, 0.3) is 10.0 Å². The van der Waals surface area contributed by atoms with Crippen molar-refractivity contribution in [1.82, 2.24) is 0 Å². The molecule has 2 aromatic rings. The van der Waals surface area contributed by atoms with E-state index in [9.17, 15) is 8.42 Å². The van der Waals surface area contributed by atoms with E-state index in [1.165, 1.54) is 7.11 Å². The van der Waals surface area contributed by atoms with E-state index < -0.39 is 10.0 Å². The van der Waals surface area contributed by atoms with Crippen LogP contribution < -0.4 is 9.46 Å². The zero-order valence-electron chi connectivity index (χ0n) is 12.5. The summed E-state index contributed by atoms with van der Waals surface area (Å²) in [7, 11) is -2.29. The third kappa shape index (κ3) is 3.78. The van der Waals surface area contributed by atoms with Gasteiger partial charge in [0.15, 0.2) is 0 Å². The van der Waals surface area contributed by atoms with Crippen molar-refractivity contribution in [3.63, 3.8) is 0 Å². The zero-order chi connectivity index (χ0) is 16.2. The molecule has 0 unspecified atom stereocenters. The number of hydrogen-bond donors (Lipinski definition) is 2. The van der Waals surface area contributed by atoms with Crippen LogP contribution in [-0.2, 0) is 16.4 Å². The minimum atomic E-state index is -3.73. The van der Waals surface area contributed by atoms with E-state index in [0.29, 0.717) is 17.9 Å². The number of ether oxygens (including phenoxy) is 1. The molecule has 0 aliphatic carbocycles. The van der Waals surface area contributed by atoms with Gasteiger partial charge in [0.1, 0.15) is 10.6 Å². The predicted molar refractivity (Wildman–Crippen MR) is 85.8 cm³/mol. The van der Waals surface area contributed by atoms with E-state index in [1.54, 1.807) is 42.5 Å². The molecule has 0 radical (unpaired) electrons. The fraction of sp³-hybridized carbons (Fsp3) is 0.250. The van der Waals surface area contributed by atoms with Crippen molar-refractivity contribution in [3.8, 4) is 5.75 Å². The van der Waals surface area contributed by atoms with E-state index in [0.717, 1.165) is 11.1 Å². The van der Waals surface area contributed by atoms with Crippen molar-refractivity contribution < 1.29 is 18.3 Å². The summed E-state index contributed by atoms with van der Waals surface area (Å²) in [5.41, 5.74) is 2.24. The minimum absolute atomic E-state index is 0.0611. The summed E-state index contributed by atoms with van der Waals surface area (Å²) in [6.45, 7) is 1.88. The monoisotopic (exact) mass is 321 g/mol. The van der Waals surface area contributed by atoms with Gasteiger partial charge < -0.3 is 9.84 Å². The maximum absolute atomic E-state index is 12.5. The second-order valence-corrected chi connectivity index (χ2v) is 6.58. The van der Waals surface area contributed by atoms with Crippen molar-refractivity contribution in [2.45, 2.75) is 18.2 Å². The molecule has 2 aromatic carbocycles. The van der Waals surface area contributed by atoms with Gasteiger partial charge in [0.05, 0.1) is 7.11 Å². The lowest BCUT2D eigenvalue weighted by Gasteiger charge is -2.12. The standard InChI is InChI=1S/C16H19NO4S/c1-12-3-8-15(21-2)16(11-12)22(19,20)17-14-6-4-13(5-7-14)9-10-18/h3-8,11,17-18H,9-10H2,1-2H3. The molecule has 0 saturated heterocycles. The van der Waals surface area contributed by atoms with Crippen LogP contribution in [0, 0.1) is 6.92 Å². The molecule has 0 heterocycles. The second-order valence-electron chi connectivity index (χ2n) is 4.93. The number of nitrogens with one attached hydrogen (secondary N) is 1. The Morgan fingerprint density at radius 3 is 2.41 bits per heavy atom. The van der Waals surface area contributed by atoms with Crippen molar-refractivity contribution in [2.24, 2.45) is 0 Å². The van der Waals surface area contributed by atoms with Crippen LogP contribution in [0.15, 0.2) is 47.4 Å². The molecule has 0 aromatic heterocycles. The van der Waals surface area contributed by atoms with Crippen LogP contribution in [-0.4, -0.2) is 27.2 Å². The van der Waals surface area contributed by atoms with Crippen molar-refractivity contribution in [1.29, 1.82) is 0 Å². The van der Waals surface area contributed by atoms with Gasteiger partial charge in [-0.2, -0.15) is 0 Å². The smallest absolute Gasteiger partial charge is 0.265 e. The van der Waals surface area contributed by atoms with Crippen LogP contribution in [0.3, 0.4) is 0 Å². The summed E-state index contributed by atoms with van der Waals surface area (Å²) in [6, 6.07) is 11.9. The molecule has 0 saturated carbocycles. The highest BCUT2D eigenvalue weighted by Crippen LogP contribution is 2.26. The van der Waals surface area contributed by atoms with E-state index in [1.807, 2.05) is 6.92 Å². The highest BCUT2D eigenvalue weighted by Gasteiger charge is 2.19. The molecule has 6 heteroatoms. The van der Waals surface area contributed by atoms with Crippen LogP contribution in [0.2, 0.25) is 0 Å². The third-order valence-corrected chi connectivity index (χ3v) is 4.62. The molecule has 0 aliphatic heterocycles. The highest BCUT2D eigenvalue weighted by atomic mass is 32.2. The molecule has 22 heavy (non-hydrogen) atoms. The first-order valence-corrected chi connectivity index (χ1v) is 8.32. The molecule has 5 nitrogen and oxygen atoms in total. The van der Waals surface area contributed by atoms with Crippen molar-refractivity contribution >= 4 is 15.7 Å². The Kier molecular flexibility index (Phi) is 5.05. The number of anilines is 1. The maximum Gasteiger partial charge on any atom is 0.265 e. The molecule has 2 N–H and O–H groups in total. The van der Waals surface area contributed by atoms with E-state index in [2.05, 4.69) is 4.72 Å².